The lowest BCUT2D eigenvalue weighted by molar-refractivity contribution is 0.635. The lowest BCUT2D eigenvalue weighted by atomic mass is 9.85. The fraction of sp³-hybridized carbons (Fsp3) is 0.0566. The first-order chi connectivity index (χ1) is 27.6. The van der Waals surface area contributed by atoms with Crippen molar-refractivity contribution >= 4 is 64.9 Å². The molecule has 2 heterocycles. The van der Waals surface area contributed by atoms with E-state index in [1.54, 1.807) is 0 Å². The summed E-state index contributed by atoms with van der Waals surface area (Å²) in [6, 6.07) is 63.9. The zero-order valence-electron chi connectivity index (χ0n) is 31.1. The maximum atomic E-state index is 5.79. The molecule has 0 unspecified atom stereocenters. The number of benzene rings is 9. The Labute approximate surface area is 324 Å². The van der Waals surface area contributed by atoms with Gasteiger partial charge in [-0.2, -0.15) is 0 Å². The van der Waals surface area contributed by atoms with Crippen molar-refractivity contribution in [1.82, 2.24) is 14.5 Å². The van der Waals surface area contributed by atoms with Crippen LogP contribution in [0.1, 0.15) is 25.1 Å². The molecule has 56 heavy (non-hydrogen) atoms. The van der Waals surface area contributed by atoms with Crippen LogP contribution in [0.2, 0.25) is 0 Å². The first-order valence-electron chi connectivity index (χ1n) is 19.4. The Hall–Kier alpha value is -7.10. The molecule has 2 aromatic heterocycles. The van der Waals surface area contributed by atoms with E-state index in [1.165, 1.54) is 70.6 Å². The van der Waals surface area contributed by atoms with Gasteiger partial charge in [0.05, 0.1) is 22.4 Å². The lowest BCUT2D eigenvalue weighted by Crippen LogP contribution is -2.18. The molecule has 1 aliphatic carbocycles. The molecule has 0 aliphatic heterocycles. The number of hydrogen-bond donors (Lipinski definition) is 0. The van der Waals surface area contributed by atoms with E-state index < -0.39 is 0 Å². The van der Waals surface area contributed by atoms with Crippen molar-refractivity contribution in [3.05, 3.63) is 187 Å². The zero-order chi connectivity index (χ0) is 37.1. The molecule has 262 valence electrons. The first-order valence-corrected chi connectivity index (χ1v) is 19.4. The van der Waals surface area contributed by atoms with E-state index in [1.807, 2.05) is 0 Å². The lowest BCUT2D eigenvalue weighted by Gasteiger charge is -2.22. The standard InChI is InChI=1S/C53H35N3/c1-53(2)44-23-13-12-22-42(44)49-51(53)54-48(35-26-24-33(25-27-35)32-14-4-3-5-15-32)52(55-49)56-45-31-30-41-39-20-9-8-18-37(39)38-19-10-11-21-40(38)46(41)47(45)43-29-28-34-16-6-7-17-36(34)50(43)56/h3-31H,1-2H3. The number of hydrogen-bond acceptors (Lipinski definition) is 2. The summed E-state index contributed by atoms with van der Waals surface area (Å²) in [6.45, 7) is 4.56. The third-order valence-corrected chi connectivity index (χ3v) is 12.3. The average molecular weight is 714 g/mol. The minimum absolute atomic E-state index is 0.306. The highest BCUT2D eigenvalue weighted by molar-refractivity contribution is 6.36. The summed E-state index contributed by atoms with van der Waals surface area (Å²) in [6.07, 6.45) is 0. The van der Waals surface area contributed by atoms with Gasteiger partial charge < -0.3 is 0 Å². The molecule has 11 aromatic rings. The largest absolute Gasteiger partial charge is 0.291 e. The zero-order valence-corrected chi connectivity index (χ0v) is 31.1. The summed E-state index contributed by atoms with van der Waals surface area (Å²) in [5.41, 5.74) is 10.6. The van der Waals surface area contributed by atoms with Gasteiger partial charge in [-0.15, -0.1) is 0 Å². The SMILES string of the molecule is CC1(C)c2ccccc2-c2nc(-n3c4ccc5c6ccccc6c6ccccc6c5c4c4ccc5ccccc5c43)c(-c3ccc(-c4ccccc4)cc3)nc21. The van der Waals surface area contributed by atoms with Gasteiger partial charge in [-0.3, -0.25) is 4.57 Å². The fourth-order valence-corrected chi connectivity index (χ4v) is 9.69. The van der Waals surface area contributed by atoms with E-state index >= 15 is 0 Å². The molecule has 0 N–H and O–H groups in total. The van der Waals surface area contributed by atoms with E-state index in [-0.39, 0.29) is 5.41 Å². The second-order valence-corrected chi connectivity index (χ2v) is 15.7. The maximum Gasteiger partial charge on any atom is 0.165 e. The Morgan fingerprint density at radius 3 is 1.75 bits per heavy atom. The topological polar surface area (TPSA) is 30.7 Å². The van der Waals surface area contributed by atoms with Gasteiger partial charge in [0, 0.05) is 38.1 Å². The Morgan fingerprint density at radius 1 is 0.411 bits per heavy atom. The summed E-state index contributed by atoms with van der Waals surface area (Å²) < 4.78 is 2.43. The van der Waals surface area contributed by atoms with Gasteiger partial charge in [0.15, 0.2) is 5.82 Å². The Kier molecular flexibility index (Phi) is 6.40. The van der Waals surface area contributed by atoms with E-state index in [0.29, 0.717) is 0 Å². The molecular weight excluding hydrogens is 679 g/mol. The van der Waals surface area contributed by atoms with Crippen molar-refractivity contribution in [1.29, 1.82) is 0 Å². The quantitative estimate of drug-likeness (QED) is 0.171. The smallest absolute Gasteiger partial charge is 0.165 e. The third kappa shape index (κ3) is 4.23. The molecule has 0 bridgehead atoms. The Balaban J connectivity index is 1.27. The molecule has 3 nitrogen and oxygen atoms in total. The van der Waals surface area contributed by atoms with Gasteiger partial charge in [0.1, 0.15) is 5.69 Å². The predicted octanol–water partition coefficient (Wildman–Crippen LogP) is 13.8. The highest BCUT2D eigenvalue weighted by Crippen LogP contribution is 2.50. The molecular formula is C53H35N3. The van der Waals surface area contributed by atoms with Crippen molar-refractivity contribution in [2.75, 3.05) is 0 Å². The van der Waals surface area contributed by atoms with Gasteiger partial charge in [-0.05, 0) is 55.1 Å². The van der Waals surface area contributed by atoms with Crippen molar-refractivity contribution in [3.8, 4) is 39.5 Å². The average Bonchev–Trinajstić information content (AvgIpc) is 3.72. The monoisotopic (exact) mass is 713 g/mol. The van der Waals surface area contributed by atoms with Crippen molar-refractivity contribution in [3.63, 3.8) is 0 Å². The Bertz CT molecular complexity index is 3390. The van der Waals surface area contributed by atoms with Crippen molar-refractivity contribution in [2.45, 2.75) is 19.3 Å². The first kappa shape index (κ1) is 31.3. The minimum atomic E-state index is -0.306. The molecule has 0 radical (unpaired) electrons. The number of nitrogens with zero attached hydrogens (tertiary/aromatic N) is 3. The summed E-state index contributed by atoms with van der Waals surface area (Å²) in [5, 5.41) is 12.4. The van der Waals surface area contributed by atoms with Crippen molar-refractivity contribution < 1.29 is 0 Å². The highest BCUT2D eigenvalue weighted by Gasteiger charge is 2.39. The number of rotatable bonds is 3. The maximum absolute atomic E-state index is 5.79. The van der Waals surface area contributed by atoms with Crippen LogP contribution >= 0.6 is 0 Å². The fourth-order valence-electron chi connectivity index (χ4n) is 9.69. The van der Waals surface area contributed by atoms with Gasteiger partial charge in [0.2, 0.25) is 0 Å². The van der Waals surface area contributed by atoms with E-state index in [4.69, 9.17) is 9.97 Å². The summed E-state index contributed by atoms with van der Waals surface area (Å²) in [5.74, 6) is 0.838. The van der Waals surface area contributed by atoms with E-state index in [2.05, 4.69) is 194 Å². The summed E-state index contributed by atoms with van der Waals surface area (Å²) in [4.78, 5) is 11.5. The molecule has 0 spiro atoms. The van der Waals surface area contributed by atoms with Crippen LogP contribution in [0.25, 0.3) is 104 Å². The molecule has 3 heteroatoms. The molecule has 12 rings (SSSR count). The second kappa shape index (κ2) is 11.5. The molecule has 0 atom stereocenters. The van der Waals surface area contributed by atoms with Gasteiger partial charge >= 0.3 is 0 Å². The third-order valence-electron chi connectivity index (χ3n) is 12.3. The molecule has 9 aromatic carbocycles. The number of fused-ring (bicyclic) bond motifs is 15. The van der Waals surface area contributed by atoms with Crippen LogP contribution < -0.4 is 0 Å². The van der Waals surface area contributed by atoms with Crippen LogP contribution in [0.5, 0.6) is 0 Å². The van der Waals surface area contributed by atoms with Crippen LogP contribution in [0.15, 0.2) is 176 Å². The van der Waals surface area contributed by atoms with Gasteiger partial charge in [-0.25, -0.2) is 9.97 Å². The van der Waals surface area contributed by atoms with E-state index in [0.717, 1.165) is 45.1 Å². The van der Waals surface area contributed by atoms with Crippen molar-refractivity contribution in [2.24, 2.45) is 0 Å². The molecule has 0 fully saturated rings. The molecule has 1 aliphatic rings. The number of aromatic nitrogens is 3. The van der Waals surface area contributed by atoms with Crippen LogP contribution in [0, 0.1) is 0 Å². The normalized spacial score (nSPS) is 13.3. The Morgan fingerprint density at radius 2 is 0.982 bits per heavy atom. The minimum Gasteiger partial charge on any atom is -0.291 e. The summed E-state index contributed by atoms with van der Waals surface area (Å²) in [7, 11) is 0. The molecule has 0 saturated carbocycles. The molecule has 0 amide bonds. The predicted molar refractivity (Wildman–Crippen MR) is 235 cm³/mol. The molecule has 0 saturated heterocycles. The van der Waals surface area contributed by atoms with Crippen LogP contribution in [-0.2, 0) is 5.41 Å². The van der Waals surface area contributed by atoms with Crippen LogP contribution in [0.4, 0.5) is 0 Å². The van der Waals surface area contributed by atoms with Gasteiger partial charge in [0.25, 0.3) is 0 Å². The second-order valence-electron chi connectivity index (χ2n) is 15.7. The van der Waals surface area contributed by atoms with Crippen LogP contribution in [0.3, 0.4) is 0 Å². The van der Waals surface area contributed by atoms with Gasteiger partial charge in [-0.1, -0.05) is 184 Å². The van der Waals surface area contributed by atoms with Crippen LogP contribution in [-0.4, -0.2) is 14.5 Å². The summed E-state index contributed by atoms with van der Waals surface area (Å²) >= 11 is 0. The highest BCUT2D eigenvalue weighted by atomic mass is 15.1. The van der Waals surface area contributed by atoms with E-state index in [9.17, 15) is 0 Å².